The van der Waals surface area contributed by atoms with Crippen molar-refractivity contribution in [3.8, 4) is 5.88 Å². The van der Waals surface area contributed by atoms with Gasteiger partial charge >= 0.3 is 12.0 Å². The van der Waals surface area contributed by atoms with Gasteiger partial charge in [-0.15, -0.1) is 0 Å². The van der Waals surface area contributed by atoms with Crippen LogP contribution in [0.25, 0.3) is 11.0 Å². The molecule has 1 fully saturated rings. The number of ether oxygens (including phenoxy) is 2. The summed E-state index contributed by atoms with van der Waals surface area (Å²) in [5.74, 6) is 0.195. The number of pyridine rings is 2. The number of methoxy groups -OCH3 is 2. The number of hydrogen-bond donors (Lipinski definition) is 2. The largest absolute Gasteiger partial charge is 0.481 e. The van der Waals surface area contributed by atoms with Crippen molar-refractivity contribution in [3.63, 3.8) is 0 Å². The molecule has 1 aliphatic rings. The summed E-state index contributed by atoms with van der Waals surface area (Å²) in [6.45, 7) is 3.85. The maximum absolute atomic E-state index is 13.0. The highest BCUT2D eigenvalue weighted by Gasteiger charge is 2.42. The third-order valence-electron chi connectivity index (χ3n) is 6.23. The molecule has 2 aromatic rings. The second kappa shape index (κ2) is 11.8. The van der Waals surface area contributed by atoms with Crippen LogP contribution in [0.15, 0.2) is 24.4 Å². The molecule has 9 heteroatoms. The van der Waals surface area contributed by atoms with Crippen molar-refractivity contribution in [2.45, 2.75) is 57.4 Å². The minimum atomic E-state index is -0.741. The lowest BCUT2D eigenvalue weighted by atomic mass is 9.87. The highest BCUT2D eigenvalue weighted by atomic mass is 16.5. The van der Waals surface area contributed by atoms with Gasteiger partial charge in [-0.3, -0.25) is 9.78 Å². The van der Waals surface area contributed by atoms with Gasteiger partial charge in [-0.25, -0.2) is 9.78 Å². The van der Waals surface area contributed by atoms with Crippen LogP contribution in [-0.2, 0) is 9.53 Å². The van der Waals surface area contributed by atoms with Gasteiger partial charge in [0, 0.05) is 25.4 Å². The minimum absolute atomic E-state index is 0.231. The lowest BCUT2D eigenvalue weighted by molar-refractivity contribution is -0.150. The van der Waals surface area contributed by atoms with Crippen LogP contribution in [0.2, 0.25) is 0 Å². The number of likely N-dealkylation sites (tertiary alicyclic amines) is 1. The first-order valence-corrected chi connectivity index (χ1v) is 11.7. The van der Waals surface area contributed by atoms with Gasteiger partial charge < -0.3 is 25.0 Å². The minimum Gasteiger partial charge on any atom is -0.481 e. The number of rotatable bonds is 10. The zero-order valence-corrected chi connectivity index (χ0v) is 19.9. The monoisotopic (exact) mass is 457 g/mol. The molecule has 0 bridgehead atoms. The van der Waals surface area contributed by atoms with Gasteiger partial charge in [0.25, 0.3) is 0 Å². The van der Waals surface area contributed by atoms with E-state index in [2.05, 4.69) is 27.5 Å². The van der Waals surface area contributed by atoms with Crippen molar-refractivity contribution >= 4 is 28.7 Å². The predicted molar refractivity (Wildman–Crippen MR) is 127 cm³/mol. The summed E-state index contributed by atoms with van der Waals surface area (Å²) in [5, 5.41) is 6.38. The Kier molecular flexibility index (Phi) is 8.82. The van der Waals surface area contributed by atoms with Gasteiger partial charge in [0.1, 0.15) is 11.1 Å². The summed E-state index contributed by atoms with van der Waals surface area (Å²) in [7, 11) is 2.96. The van der Waals surface area contributed by atoms with Gasteiger partial charge in [-0.2, -0.15) is 0 Å². The first-order valence-electron chi connectivity index (χ1n) is 11.7. The molecule has 0 saturated carbocycles. The number of carbonyl (C=O) groups is 2. The summed E-state index contributed by atoms with van der Waals surface area (Å²) in [5.41, 5.74) is 1.06. The summed E-state index contributed by atoms with van der Waals surface area (Å²) in [6, 6.07) is 5.02. The Morgan fingerprint density at radius 2 is 1.85 bits per heavy atom. The number of aromatic nitrogens is 2. The van der Waals surface area contributed by atoms with Crippen molar-refractivity contribution < 1.29 is 19.1 Å². The second-order valence-corrected chi connectivity index (χ2v) is 8.41. The topological polar surface area (TPSA) is 106 Å². The number of unbranched alkanes of at least 4 members (excludes halogenated alkanes) is 4. The Morgan fingerprint density at radius 1 is 1.09 bits per heavy atom. The van der Waals surface area contributed by atoms with Gasteiger partial charge in [0.05, 0.1) is 25.4 Å². The molecule has 1 aliphatic heterocycles. The molecule has 3 rings (SSSR count). The quantitative estimate of drug-likeness (QED) is 0.413. The van der Waals surface area contributed by atoms with E-state index >= 15 is 0 Å². The fourth-order valence-electron chi connectivity index (χ4n) is 4.21. The molecular weight excluding hydrogens is 422 g/mol. The number of urea groups is 1. The van der Waals surface area contributed by atoms with E-state index in [1.54, 1.807) is 36.4 Å². The van der Waals surface area contributed by atoms with Gasteiger partial charge in [0.15, 0.2) is 0 Å². The standard InChI is InChI=1S/C24H35N5O4/c1-4-5-6-7-8-14-26-24(22(30)33-3)12-16-29(17-13-24)23(31)27-19-11-15-25-18-9-10-20(32-2)28-21(18)19/h9-11,15,26H,4-8,12-14,16-17H2,1-3H3,(H,25,27,31). The maximum Gasteiger partial charge on any atom is 0.326 e. The fourth-order valence-corrected chi connectivity index (χ4v) is 4.21. The van der Waals surface area contributed by atoms with E-state index in [0.29, 0.717) is 48.5 Å². The van der Waals surface area contributed by atoms with Crippen LogP contribution < -0.4 is 15.4 Å². The van der Waals surface area contributed by atoms with Crippen LogP contribution in [-0.4, -0.2) is 66.3 Å². The van der Waals surface area contributed by atoms with Crippen molar-refractivity contribution in [3.05, 3.63) is 24.4 Å². The van der Waals surface area contributed by atoms with E-state index in [1.165, 1.54) is 26.4 Å². The van der Waals surface area contributed by atoms with Gasteiger partial charge in [0.2, 0.25) is 5.88 Å². The molecule has 0 aromatic carbocycles. The Morgan fingerprint density at radius 3 is 2.55 bits per heavy atom. The number of amides is 2. The Balaban J connectivity index is 1.61. The molecule has 2 amide bonds. The molecule has 9 nitrogen and oxygen atoms in total. The lowest BCUT2D eigenvalue weighted by Crippen LogP contribution is -2.60. The molecule has 2 aromatic heterocycles. The molecule has 3 heterocycles. The van der Waals surface area contributed by atoms with Crippen molar-refractivity contribution in [2.24, 2.45) is 0 Å². The number of piperidine rings is 1. The molecule has 1 saturated heterocycles. The summed E-state index contributed by atoms with van der Waals surface area (Å²) in [4.78, 5) is 36.0. The normalized spacial score (nSPS) is 15.3. The molecule has 0 radical (unpaired) electrons. The number of anilines is 1. The first-order chi connectivity index (χ1) is 16.0. The lowest BCUT2D eigenvalue weighted by Gasteiger charge is -2.40. The summed E-state index contributed by atoms with van der Waals surface area (Å²) < 4.78 is 10.3. The summed E-state index contributed by atoms with van der Waals surface area (Å²) >= 11 is 0. The molecule has 0 atom stereocenters. The smallest absolute Gasteiger partial charge is 0.326 e. The van der Waals surface area contributed by atoms with Crippen molar-refractivity contribution in [2.75, 3.05) is 39.2 Å². The molecule has 2 N–H and O–H groups in total. The van der Waals surface area contributed by atoms with Crippen LogP contribution in [0, 0.1) is 0 Å². The Bertz CT molecular complexity index is 944. The average molecular weight is 458 g/mol. The third kappa shape index (κ3) is 6.10. The maximum atomic E-state index is 13.0. The van der Waals surface area contributed by atoms with Crippen molar-refractivity contribution in [1.29, 1.82) is 0 Å². The van der Waals surface area contributed by atoms with E-state index in [0.717, 1.165) is 19.4 Å². The number of carbonyl (C=O) groups excluding carboxylic acids is 2. The first kappa shape index (κ1) is 24.7. The number of nitrogens with zero attached hydrogens (tertiary/aromatic N) is 3. The molecular formula is C24H35N5O4. The van der Waals surface area contributed by atoms with E-state index in [4.69, 9.17) is 9.47 Å². The van der Waals surface area contributed by atoms with Crippen LogP contribution in [0.1, 0.15) is 51.9 Å². The number of esters is 1. The van der Waals surface area contributed by atoms with Crippen LogP contribution >= 0.6 is 0 Å². The number of nitrogens with one attached hydrogen (secondary N) is 2. The molecule has 0 unspecified atom stereocenters. The number of hydrogen-bond acceptors (Lipinski definition) is 7. The second-order valence-electron chi connectivity index (χ2n) is 8.41. The highest BCUT2D eigenvalue weighted by molar-refractivity contribution is 5.98. The van der Waals surface area contributed by atoms with E-state index < -0.39 is 5.54 Å². The zero-order chi connectivity index (χ0) is 23.7. The molecule has 33 heavy (non-hydrogen) atoms. The third-order valence-corrected chi connectivity index (χ3v) is 6.23. The van der Waals surface area contributed by atoms with E-state index in [-0.39, 0.29) is 12.0 Å². The van der Waals surface area contributed by atoms with Gasteiger partial charge in [-0.1, -0.05) is 32.6 Å². The molecule has 180 valence electrons. The van der Waals surface area contributed by atoms with Crippen molar-refractivity contribution in [1.82, 2.24) is 20.2 Å². The van der Waals surface area contributed by atoms with E-state index in [9.17, 15) is 9.59 Å². The molecule has 0 aliphatic carbocycles. The van der Waals surface area contributed by atoms with Crippen LogP contribution in [0.5, 0.6) is 5.88 Å². The predicted octanol–water partition coefficient (Wildman–Crippen LogP) is 3.74. The average Bonchev–Trinajstić information content (AvgIpc) is 2.85. The van der Waals surface area contributed by atoms with Crippen LogP contribution in [0.3, 0.4) is 0 Å². The molecule has 0 spiro atoms. The SMILES string of the molecule is CCCCCCCNC1(C(=O)OC)CCN(C(=O)Nc2ccnc3ccc(OC)nc23)CC1. The fraction of sp³-hybridized carbons (Fsp3) is 0.583. The number of fused-ring (bicyclic) bond motifs is 1. The Hall–Kier alpha value is -2.94. The van der Waals surface area contributed by atoms with Gasteiger partial charge in [-0.05, 0) is 37.9 Å². The zero-order valence-electron chi connectivity index (χ0n) is 19.9. The van der Waals surface area contributed by atoms with Crippen LogP contribution in [0.4, 0.5) is 10.5 Å². The highest BCUT2D eigenvalue weighted by Crippen LogP contribution is 2.26. The summed E-state index contributed by atoms with van der Waals surface area (Å²) in [6.07, 6.45) is 8.46. The van der Waals surface area contributed by atoms with E-state index in [1.807, 2.05) is 0 Å². The Labute approximate surface area is 195 Å².